The van der Waals surface area contributed by atoms with E-state index in [-0.39, 0.29) is 5.75 Å². The van der Waals surface area contributed by atoms with Crippen LogP contribution >= 0.6 is 0 Å². The molecule has 0 heterocycles. The van der Waals surface area contributed by atoms with E-state index in [1.54, 1.807) is 0 Å². The van der Waals surface area contributed by atoms with E-state index in [1.807, 2.05) is 39.8 Å². The number of rotatable bonds is 7. The van der Waals surface area contributed by atoms with Gasteiger partial charge in [0.05, 0.1) is 12.4 Å². The number of aryl methyl sites for hydroxylation is 2. The van der Waals surface area contributed by atoms with Crippen LogP contribution in [0.4, 0.5) is 0 Å². The van der Waals surface area contributed by atoms with Crippen LogP contribution < -0.4 is 9.88 Å². The molecule has 0 fully saturated rings. The first-order valence-corrected chi connectivity index (χ1v) is 8.63. The van der Waals surface area contributed by atoms with Crippen molar-refractivity contribution in [2.45, 2.75) is 40.5 Å². The van der Waals surface area contributed by atoms with Crippen LogP contribution in [0.25, 0.3) is 0 Å². The monoisotopic (exact) mass is 299 g/mol. The number of hydrogen-bond donors (Lipinski definition) is 1. The molecule has 0 spiro atoms. The Hall–Kier alpha value is -1.07. The highest BCUT2D eigenvalue weighted by Gasteiger charge is 2.32. The van der Waals surface area contributed by atoms with Gasteiger partial charge in [0.25, 0.3) is 0 Å². The fourth-order valence-electron chi connectivity index (χ4n) is 2.38. The summed E-state index contributed by atoms with van der Waals surface area (Å²) in [5, 5.41) is 5.21. The van der Waals surface area contributed by atoms with Crippen LogP contribution in [0.3, 0.4) is 0 Å². The summed E-state index contributed by atoms with van der Waals surface area (Å²) in [5.41, 5.74) is 1.83. The standard InChI is InChI=1S/C15H25NO3S/c1-5-15(6-2,11-20(16,17)18)10-19-14-8-12(3)7-13(4)9-14/h7-9H,5-6,10-11H2,1-4H3,(H2,16,17,18). The molecule has 4 nitrogen and oxygen atoms in total. The maximum atomic E-state index is 11.4. The van der Waals surface area contributed by atoms with Crippen molar-refractivity contribution in [1.29, 1.82) is 0 Å². The number of sulfonamides is 1. The molecule has 0 saturated heterocycles. The van der Waals surface area contributed by atoms with Crippen molar-refractivity contribution < 1.29 is 13.2 Å². The Morgan fingerprint density at radius 1 is 1.10 bits per heavy atom. The topological polar surface area (TPSA) is 69.4 Å². The molecule has 0 aliphatic carbocycles. The highest BCUT2D eigenvalue weighted by Crippen LogP contribution is 2.29. The Morgan fingerprint density at radius 3 is 2.00 bits per heavy atom. The third kappa shape index (κ3) is 5.13. The average Bonchev–Trinajstić information content (AvgIpc) is 2.32. The Kier molecular flexibility index (Phi) is 5.59. The number of primary sulfonamides is 1. The Balaban J connectivity index is 2.86. The number of hydrogen-bond acceptors (Lipinski definition) is 3. The van der Waals surface area contributed by atoms with Gasteiger partial charge in [0.15, 0.2) is 0 Å². The van der Waals surface area contributed by atoms with E-state index in [1.165, 1.54) is 0 Å². The molecule has 0 atom stereocenters. The summed E-state index contributed by atoms with van der Waals surface area (Å²) < 4.78 is 28.7. The summed E-state index contributed by atoms with van der Waals surface area (Å²) in [5.74, 6) is 0.737. The molecule has 2 N–H and O–H groups in total. The molecule has 0 unspecified atom stereocenters. The van der Waals surface area contributed by atoms with E-state index in [0.29, 0.717) is 19.4 Å². The molecule has 0 bridgehead atoms. The lowest BCUT2D eigenvalue weighted by molar-refractivity contribution is 0.154. The van der Waals surface area contributed by atoms with Crippen molar-refractivity contribution in [1.82, 2.24) is 0 Å². The van der Waals surface area contributed by atoms with Crippen molar-refractivity contribution in [3.05, 3.63) is 29.3 Å². The molecular formula is C15H25NO3S. The van der Waals surface area contributed by atoms with Crippen molar-refractivity contribution in [3.63, 3.8) is 0 Å². The van der Waals surface area contributed by atoms with E-state index in [9.17, 15) is 8.42 Å². The second-order valence-electron chi connectivity index (χ2n) is 5.63. The maximum Gasteiger partial charge on any atom is 0.209 e. The van der Waals surface area contributed by atoms with Crippen molar-refractivity contribution in [2.24, 2.45) is 10.6 Å². The molecular weight excluding hydrogens is 274 g/mol. The predicted molar refractivity (Wildman–Crippen MR) is 82.4 cm³/mol. The van der Waals surface area contributed by atoms with Gasteiger partial charge in [-0.1, -0.05) is 19.9 Å². The van der Waals surface area contributed by atoms with E-state index < -0.39 is 15.4 Å². The smallest absolute Gasteiger partial charge is 0.209 e. The van der Waals surface area contributed by atoms with Gasteiger partial charge in [-0.25, -0.2) is 13.6 Å². The normalized spacial score (nSPS) is 12.4. The van der Waals surface area contributed by atoms with Crippen molar-refractivity contribution in [3.8, 4) is 5.75 Å². The van der Waals surface area contributed by atoms with Gasteiger partial charge in [-0.05, 0) is 49.9 Å². The minimum absolute atomic E-state index is 0.0439. The van der Waals surface area contributed by atoms with Crippen LogP contribution in [0.15, 0.2) is 18.2 Å². The Labute approximate surface area is 122 Å². The third-order valence-electron chi connectivity index (χ3n) is 3.75. The molecule has 1 aromatic carbocycles. The molecule has 0 radical (unpaired) electrons. The number of benzene rings is 1. The van der Waals surface area contributed by atoms with E-state index in [0.717, 1.165) is 16.9 Å². The molecule has 0 saturated carbocycles. The van der Waals surface area contributed by atoms with Gasteiger partial charge in [0, 0.05) is 5.41 Å². The molecule has 0 aromatic heterocycles. The fraction of sp³-hybridized carbons (Fsp3) is 0.600. The van der Waals surface area contributed by atoms with Crippen LogP contribution in [-0.2, 0) is 10.0 Å². The summed E-state index contributed by atoms with van der Waals surface area (Å²) >= 11 is 0. The van der Waals surface area contributed by atoms with Crippen LogP contribution in [0, 0.1) is 19.3 Å². The van der Waals surface area contributed by atoms with Crippen LogP contribution in [0.2, 0.25) is 0 Å². The lowest BCUT2D eigenvalue weighted by Crippen LogP contribution is -2.37. The predicted octanol–water partition coefficient (Wildman–Crippen LogP) is 2.78. The largest absolute Gasteiger partial charge is 0.493 e. The second kappa shape index (κ2) is 6.59. The lowest BCUT2D eigenvalue weighted by Gasteiger charge is -2.30. The van der Waals surface area contributed by atoms with E-state index in [2.05, 4.69) is 6.07 Å². The highest BCUT2D eigenvalue weighted by molar-refractivity contribution is 7.89. The zero-order valence-electron chi connectivity index (χ0n) is 12.8. The van der Waals surface area contributed by atoms with Crippen molar-refractivity contribution >= 4 is 10.0 Å². The van der Waals surface area contributed by atoms with Crippen molar-refractivity contribution in [2.75, 3.05) is 12.4 Å². The van der Waals surface area contributed by atoms with Gasteiger partial charge in [-0.3, -0.25) is 0 Å². The van der Waals surface area contributed by atoms with Crippen LogP contribution in [0.5, 0.6) is 5.75 Å². The molecule has 5 heteroatoms. The summed E-state index contributed by atoms with van der Waals surface area (Å²) in [6.07, 6.45) is 1.43. The van der Waals surface area contributed by atoms with Gasteiger partial charge in [0.1, 0.15) is 5.75 Å². The molecule has 0 aliphatic heterocycles. The van der Waals surface area contributed by atoms with Crippen LogP contribution in [-0.4, -0.2) is 20.8 Å². The highest BCUT2D eigenvalue weighted by atomic mass is 32.2. The van der Waals surface area contributed by atoms with Gasteiger partial charge in [0.2, 0.25) is 10.0 Å². The van der Waals surface area contributed by atoms with Gasteiger partial charge in [-0.2, -0.15) is 0 Å². The van der Waals surface area contributed by atoms with Gasteiger partial charge in [-0.15, -0.1) is 0 Å². The second-order valence-corrected chi connectivity index (χ2v) is 7.24. The molecule has 1 rings (SSSR count). The Morgan fingerprint density at radius 2 is 1.60 bits per heavy atom. The summed E-state index contributed by atoms with van der Waals surface area (Å²) in [4.78, 5) is 0. The minimum Gasteiger partial charge on any atom is -0.493 e. The molecule has 0 amide bonds. The number of nitrogens with two attached hydrogens (primary N) is 1. The fourth-order valence-corrected chi connectivity index (χ4v) is 3.72. The lowest BCUT2D eigenvalue weighted by atomic mass is 9.85. The SMILES string of the molecule is CCC(CC)(COc1cc(C)cc(C)c1)CS(N)(=O)=O. The first-order chi connectivity index (χ1) is 9.19. The molecule has 20 heavy (non-hydrogen) atoms. The maximum absolute atomic E-state index is 11.4. The van der Waals surface area contributed by atoms with E-state index >= 15 is 0 Å². The summed E-state index contributed by atoms with van der Waals surface area (Å²) in [7, 11) is -3.51. The van der Waals surface area contributed by atoms with Gasteiger partial charge < -0.3 is 4.74 Å². The summed E-state index contributed by atoms with van der Waals surface area (Å²) in [6.45, 7) is 8.33. The van der Waals surface area contributed by atoms with Crippen LogP contribution in [0.1, 0.15) is 37.8 Å². The first-order valence-electron chi connectivity index (χ1n) is 6.91. The van der Waals surface area contributed by atoms with Gasteiger partial charge >= 0.3 is 0 Å². The number of ether oxygens (including phenoxy) is 1. The zero-order valence-corrected chi connectivity index (χ0v) is 13.6. The Bertz CT molecular complexity index is 528. The average molecular weight is 299 g/mol. The quantitative estimate of drug-likeness (QED) is 0.841. The first kappa shape index (κ1) is 17.0. The van der Waals surface area contributed by atoms with E-state index in [4.69, 9.17) is 9.88 Å². The molecule has 114 valence electrons. The summed E-state index contributed by atoms with van der Waals surface area (Å²) in [6, 6.07) is 5.99. The zero-order chi connectivity index (χ0) is 15.4. The third-order valence-corrected chi connectivity index (χ3v) is 4.76. The molecule has 1 aromatic rings. The molecule has 0 aliphatic rings. The minimum atomic E-state index is -3.51.